The van der Waals surface area contributed by atoms with E-state index in [-0.39, 0.29) is 24.3 Å². The van der Waals surface area contributed by atoms with Crippen LogP contribution in [0.2, 0.25) is 0 Å². The highest BCUT2D eigenvalue weighted by Crippen LogP contribution is 2.30. The second kappa shape index (κ2) is 3.03. The van der Waals surface area contributed by atoms with Gasteiger partial charge in [0.25, 0.3) is 0 Å². The average Bonchev–Trinajstić information content (AvgIpc) is 2.37. The molecule has 2 heterocycles. The highest BCUT2D eigenvalue weighted by Gasteiger charge is 2.39. The largest absolute Gasteiger partial charge is 0.453 e. The summed E-state index contributed by atoms with van der Waals surface area (Å²) >= 11 is 0. The Morgan fingerprint density at radius 3 is 2.46 bits per heavy atom. The van der Waals surface area contributed by atoms with E-state index in [1.807, 2.05) is 12.2 Å². The Labute approximate surface area is 76.8 Å². The lowest BCUT2D eigenvalue weighted by molar-refractivity contribution is 0.0384. The smallest absolute Gasteiger partial charge is 0.410 e. The van der Waals surface area contributed by atoms with E-state index in [2.05, 4.69) is 4.74 Å². The van der Waals surface area contributed by atoms with Gasteiger partial charge in [-0.1, -0.05) is 12.2 Å². The fourth-order valence-corrected chi connectivity index (χ4v) is 2.10. The maximum absolute atomic E-state index is 11.3. The number of carbonyl (C=O) groups excluding carboxylic acids is 1. The molecule has 0 aliphatic carbocycles. The van der Waals surface area contributed by atoms with E-state index in [0.29, 0.717) is 12.8 Å². The van der Waals surface area contributed by atoms with Crippen molar-refractivity contribution in [2.24, 2.45) is 0 Å². The molecule has 4 nitrogen and oxygen atoms in total. The van der Waals surface area contributed by atoms with Crippen molar-refractivity contribution in [1.82, 2.24) is 4.90 Å². The molecule has 2 aliphatic rings. The van der Waals surface area contributed by atoms with Gasteiger partial charge in [0.1, 0.15) is 0 Å². The van der Waals surface area contributed by atoms with Crippen LogP contribution in [0.15, 0.2) is 12.2 Å². The first-order chi connectivity index (χ1) is 6.22. The number of carbonyl (C=O) groups is 1. The number of amides is 1. The van der Waals surface area contributed by atoms with Gasteiger partial charge in [-0.3, -0.25) is 4.90 Å². The van der Waals surface area contributed by atoms with Crippen LogP contribution in [0, 0.1) is 0 Å². The average molecular weight is 183 g/mol. The predicted molar refractivity (Wildman–Crippen MR) is 46.2 cm³/mol. The second-order valence-corrected chi connectivity index (χ2v) is 3.52. The van der Waals surface area contributed by atoms with Crippen molar-refractivity contribution in [3.05, 3.63) is 12.2 Å². The minimum absolute atomic E-state index is 0.0289. The molecule has 0 saturated carbocycles. The van der Waals surface area contributed by atoms with Crippen LogP contribution < -0.4 is 0 Å². The SMILES string of the molecule is COC(=O)N1[C@H]2C=C[C@H]1CC(O)C2. The van der Waals surface area contributed by atoms with Crippen LogP contribution in [-0.2, 0) is 4.74 Å². The molecule has 1 amide bonds. The van der Waals surface area contributed by atoms with Crippen molar-refractivity contribution in [1.29, 1.82) is 0 Å². The quantitative estimate of drug-likeness (QED) is 0.557. The standard InChI is InChI=1S/C9H13NO3/c1-13-9(12)10-6-2-3-7(10)5-8(11)4-6/h2-3,6-8,11H,4-5H2,1H3/t6-,7-/m0/s1. The summed E-state index contributed by atoms with van der Waals surface area (Å²) in [5.41, 5.74) is 0. The minimum atomic E-state index is -0.299. The highest BCUT2D eigenvalue weighted by atomic mass is 16.5. The Morgan fingerprint density at radius 1 is 1.46 bits per heavy atom. The maximum atomic E-state index is 11.3. The van der Waals surface area contributed by atoms with Crippen molar-refractivity contribution in [2.45, 2.75) is 31.0 Å². The second-order valence-electron chi connectivity index (χ2n) is 3.52. The molecule has 0 spiro atoms. The molecule has 2 rings (SSSR count). The zero-order valence-corrected chi connectivity index (χ0v) is 7.51. The van der Waals surface area contributed by atoms with Crippen LogP contribution in [-0.4, -0.2) is 41.4 Å². The van der Waals surface area contributed by atoms with E-state index in [1.54, 1.807) is 4.90 Å². The molecule has 0 radical (unpaired) electrons. The van der Waals surface area contributed by atoms with Crippen molar-refractivity contribution in [3.8, 4) is 0 Å². The molecular formula is C9H13NO3. The molecular weight excluding hydrogens is 170 g/mol. The zero-order chi connectivity index (χ0) is 9.42. The number of rotatable bonds is 0. The summed E-state index contributed by atoms with van der Waals surface area (Å²) in [5, 5.41) is 9.44. The van der Waals surface area contributed by atoms with E-state index in [9.17, 15) is 9.90 Å². The number of hydrogen-bond donors (Lipinski definition) is 1. The molecule has 0 aromatic carbocycles. The van der Waals surface area contributed by atoms with Gasteiger partial charge in [-0.2, -0.15) is 0 Å². The molecule has 1 fully saturated rings. The van der Waals surface area contributed by atoms with Crippen molar-refractivity contribution >= 4 is 6.09 Å². The molecule has 0 aromatic rings. The van der Waals surface area contributed by atoms with Crippen LogP contribution >= 0.6 is 0 Å². The molecule has 1 N–H and O–H groups in total. The molecule has 1 saturated heterocycles. The van der Waals surface area contributed by atoms with Gasteiger partial charge in [-0.25, -0.2) is 4.79 Å². The molecule has 2 atom stereocenters. The number of methoxy groups -OCH3 is 1. The molecule has 2 bridgehead atoms. The Hall–Kier alpha value is -1.03. The first-order valence-corrected chi connectivity index (χ1v) is 4.45. The van der Waals surface area contributed by atoms with E-state index >= 15 is 0 Å². The number of hydrogen-bond acceptors (Lipinski definition) is 3. The third-order valence-electron chi connectivity index (χ3n) is 2.68. The third-order valence-corrected chi connectivity index (χ3v) is 2.68. The van der Waals surface area contributed by atoms with Crippen molar-refractivity contribution in [2.75, 3.05) is 7.11 Å². The first-order valence-electron chi connectivity index (χ1n) is 4.45. The summed E-state index contributed by atoms with van der Waals surface area (Å²) in [6.45, 7) is 0. The lowest BCUT2D eigenvalue weighted by Crippen LogP contribution is -2.48. The number of ether oxygens (including phenoxy) is 1. The van der Waals surface area contributed by atoms with Crippen molar-refractivity contribution < 1.29 is 14.6 Å². The molecule has 0 unspecified atom stereocenters. The van der Waals surface area contributed by atoms with Gasteiger partial charge in [0.05, 0.1) is 25.3 Å². The first kappa shape index (κ1) is 8.56. The van der Waals surface area contributed by atoms with E-state index in [1.165, 1.54) is 7.11 Å². The van der Waals surface area contributed by atoms with Gasteiger partial charge in [0.2, 0.25) is 0 Å². The van der Waals surface area contributed by atoms with Gasteiger partial charge >= 0.3 is 6.09 Å². The lowest BCUT2D eigenvalue weighted by atomic mass is 10.00. The zero-order valence-electron chi connectivity index (χ0n) is 7.51. The monoisotopic (exact) mass is 183 g/mol. The number of piperidine rings is 1. The minimum Gasteiger partial charge on any atom is -0.453 e. The Balaban J connectivity index is 2.13. The molecule has 13 heavy (non-hydrogen) atoms. The van der Waals surface area contributed by atoms with Gasteiger partial charge in [0, 0.05) is 0 Å². The van der Waals surface area contributed by atoms with E-state index < -0.39 is 0 Å². The van der Waals surface area contributed by atoms with Gasteiger partial charge in [-0.15, -0.1) is 0 Å². The van der Waals surface area contributed by atoms with Crippen LogP contribution in [0.1, 0.15) is 12.8 Å². The van der Waals surface area contributed by atoms with Crippen LogP contribution in [0.3, 0.4) is 0 Å². The van der Waals surface area contributed by atoms with Gasteiger partial charge in [-0.05, 0) is 12.8 Å². The number of fused-ring (bicyclic) bond motifs is 2. The van der Waals surface area contributed by atoms with E-state index in [4.69, 9.17) is 0 Å². The molecule has 4 heteroatoms. The fraction of sp³-hybridized carbons (Fsp3) is 0.667. The molecule has 0 aromatic heterocycles. The number of aliphatic hydroxyl groups is 1. The topological polar surface area (TPSA) is 49.8 Å². The summed E-state index contributed by atoms with van der Waals surface area (Å²) in [6, 6.07) is 0.0578. The van der Waals surface area contributed by atoms with Gasteiger partial charge < -0.3 is 9.84 Å². The Kier molecular flexibility index (Phi) is 2.00. The summed E-state index contributed by atoms with van der Waals surface area (Å²) in [4.78, 5) is 13.0. The maximum Gasteiger partial charge on any atom is 0.410 e. The summed E-state index contributed by atoms with van der Waals surface area (Å²) in [6.07, 6.45) is 4.61. The predicted octanol–water partition coefficient (Wildman–Crippen LogP) is 0.516. The van der Waals surface area contributed by atoms with Crippen LogP contribution in [0.5, 0.6) is 0 Å². The Morgan fingerprint density at radius 2 is 2.00 bits per heavy atom. The lowest BCUT2D eigenvalue weighted by Gasteiger charge is -2.35. The number of nitrogens with zero attached hydrogens (tertiary/aromatic N) is 1. The summed E-state index contributed by atoms with van der Waals surface area (Å²) < 4.78 is 4.67. The van der Waals surface area contributed by atoms with Crippen molar-refractivity contribution in [3.63, 3.8) is 0 Å². The molecule has 72 valence electrons. The van der Waals surface area contributed by atoms with E-state index in [0.717, 1.165) is 0 Å². The normalized spacial score (nSPS) is 36.5. The fourth-order valence-electron chi connectivity index (χ4n) is 2.10. The van der Waals surface area contributed by atoms with Crippen LogP contribution in [0.25, 0.3) is 0 Å². The third kappa shape index (κ3) is 1.31. The summed E-state index contributed by atoms with van der Waals surface area (Å²) in [7, 11) is 1.38. The number of aliphatic hydroxyl groups excluding tert-OH is 1. The Bertz CT molecular complexity index is 235. The summed E-state index contributed by atoms with van der Waals surface area (Å²) in [5.74, 6) is 0. The van der Waals surface area contributed by atoms with Gasteiger partial charge in [0.15, 0.2) is 0 Å². The molecule has 2 aliphatic heterocycles. The van der Waals surface area contributed by atoms with Crippen LogP contribution in [0.4, 0.5) is 4.79 Å². The highest BCUT2D eigenvalue weighted by molar-refractivity contribution is 5.70.